The van der Waals surface area contributed by atoms with Crippen LogP contribution in [0.2, 0.25) is 0 Å². The van der Waals surface area contributed by atoms with Crippen LogP contribution in [0.3, 0.4) is 0 Å². The normalized spacial score (nSPS) is 29.1. The monoisotopic (exact) mass is 446 g/mol. The van der Waals surface area contributed by atoms with Crippen LogP contribution in [0.5, 0.6) is 5.75 Å². The molecule has 10 heteroatoms. The number of hydrogen-bond acceptors (Lipinski definition) is 8. The minimum atomic E-state index is -1.68. The van der Waals surface area contributed by atoms with E-state index in [9.17, 15) is 39.6 Å². The number of carbonyl (C=O) groups is 4. The highest BCUT2D eigenvalue weighted by molar-refractivity contribution is 6.20. The van der Waals surface area contributed by atoms with Crippen LogP contribution in [-0.4, -0.2) is 75.0 Å². The lowest BCUT2D eigenvalue weighted by Gasteiger charge is -2.44. The fourth-order valence-electron chi connectivity index (χ4n) is 5.21. The first-order valence-electron chi connectivity index (χ1n) is 10.1. The van der Waals surface area contributed by atoms with E-state index in [-0.39, 0.29) is 17.7 Å². The van der Waals surface area contributed by atoms with Crippen molar-refractivity contribution in [3.63, 3.8) is 0 Å². The molecule has 1 amide bonds. The molecular formula is C22H26N2O8. The fourth-order valence-corrected chi connectivity index (χ4v) is 5.21. The number of amides is 1. The van der Waals surface area contributed by atoms with Crippen LogP contribution in [-0.2, 0) is 14.4 Å². The molecule has 6 atom stereocenters. The summed E-state index contributed by atoms with van der Waals surface area (Å²) in [5.74, 6) is -9.63. The number of benzene rings is 1. The van der Waals surface area contributed by atoms with Gasteiger partial charge in [-0.3, -0.25) is 24.1 Å². The van der Waals surface area contributed by atoms with Crippen LogP contribution in [0.25, 0.3) is 0 Å². The second-order valence-corrected chi connectivity index (χ2v) is 8.60. The van der Waals surface area contributed by atoms with E-state index in [1.807, 2.05) is 0 Å². The number of phenolic OH excluding ortho intramolecular Hbond substituents is 1. The van der Waals surface area contributed by atoms with Crippen molar-refractivity contribution in [1.29, 1.82) is 0 Å². The van der Waals surface area contributed by atoms with Gasteiger partial charge in [-0.15, -0.1) is 0 Å². The highest BCUT2D eigenvalue weighted by atomic mass is 16.4. The van der Waals surface area contributed by atoms with E-state index in [0.717, 1.165) is 0 Å². The number of likely N-dealkylation sites (N-methyl/N-ethyl adjacent to an activating group) is 1. The number of rotatable bonds is 5. The number of Topliss-reactive ketones (excluding diaryl/α,β-unsaturated/α-hetero) is 2. The molecule has 10 nitrogen and oxygen atoms in total. The number of carboxylic acid groups (broad SMARTS) is 1. The molecule has 0 aliphatic heterocycles. The number of aliphatic hydroxyl groups excluding tert-OH is 2. The molecule has 32 heavy (non-hydrogen) atoms. The highest BCUT2D eigenvalue weighted by Crippen LogP contribution is 2.47. The molecule has 3 unspecified atom stereocenters. The fraction of sp³-hybridized carbons (Fsp3) is 0.455. The quantitative estimate of drug-likeness (QED) is 0.312. The Kier molecular flexibility index (Phi) is 6.12. The topological polar surface area (TPSA) is 178 Å². The SMILES string of the molecule is CC1c2cccc(O)c2C(=O)C(C(=O)O)C1[C@H](O)[C@@H]1CC(=O)C(C(N)=O)=C(O)[C@H]1N(C)C. The molecule has 0 fully saturated rings. The van der Waals surface area contributed by atoms with E-state index >= 15 is 0 Å². The maximum Gasteiger partial charge on any atom is 0.314 e. The number of nitrogens with two attached hydrogens (primary N) is 1. The van der Waals surface area contributed by atoms with Crippen molar-refractivity contribution in [2.24, 2.45) is 23.5 Å². The van der Waals surface area contributed by atoms with Crippen LogP contribution in [0, 0.1) is 17.8 Å². The van der Waals surface area contributed by atoms with Crippen LogP contribution >= 0.6 is 0 Å². The number of aliphatic hydroxyl groups is 2. The Hall–Kier alpha value is -3.24. The smallest absolute Gasteiger partial charge is 0.314 e. The third-order valence-electron chi connectivity index (χ3n) is 6.60. The van der Waals surface area contributed by atoms with Gasteiger partial charge in [-0.2, -0.15) is 0 Å². The Morgan fingerprint density at radius 1 is 1.19 bits per heavy atom. The third-order valence-corrected chi connectivity index (χ3v) is 6.60. The van der Waals surface area contributed by atoms with Gasteiger partial charge >= 0.3 is 5.97 Å². The average molecular weight is 446 g/mol. The number of nitrogens with zero attached hydrogens (tertiary/aromatic N) is 1. The molecule has 172 valence electrons. The molecule has 0 heterocycles. The third kappa shape index (κ3) is 3.55. The molecule has 6 N–H and O–H groups in total. The summed E-state index contributed by atoms with van der Waals surface area (Å²) < 4.78 is 0. The number of carbonyl (C=O) groups excluding carboxylic acids is 3. The van der Waals surface area contributed by atoms with Gasteiger partial charge in [0.05, 0.1) is 17.7 Å². The van der Waals surface area contributed by atoms with Crippen LogP contribution in [0.15, 0.2) is 29.5 Å². The first-order valence-corrected chi connectivity index (χ1v) is 10.1. The molecule has 2 aliphatic carbocycles. The molecule has 1 aromatic carbocycles. The number of ketones is 2. The standard InChI is InChI=1S/C22H26N2O8/c1-8-9-5-4-6-11(25)14(9)19(28)16(22(31)32)13(8)18(27)10-7-12(26)15(21(23)30)20(29)17(10)24(2)3/h4-6,8,10,13,16-18,25,27,29H,7H2,1-3H3,(H2,23,30)(H,31,32)/t8?,10-,13?,16?,17+,18-/m1/s1. The van der Waals surface area contributed by atoms with Gasteiger partial charge in [-0.25, -0.2) is 0 Å². The van der Waals surface area contributed by atoms with Crippen LogP contribution in [0.1, 0.15) is 35.2 Å². The van der Waals surface area contributed by atoms with Gasteiger partial charge in [-0.05, 0) is 31.6 Å². The summed E-state index contributed by atoms with van der Waals surface area (Å²) >= 11 is 0. The second kappa shape index (κ2) is 8.36. The molecule has 0 radical (unpaired) electrons. The van der Waals surface area contributed by atoms with Gasteiger partial charge in [0.25, 0.3) is 5.91 Å². The van der Waals surface area contributed by atoms with Crippen molar-refractivity contribution in [3.05, 3.63) is 40.7 Å². The van der Waals surface area contributed by atoms with Gasteiger partial charge in [-0.1, -0.05) is 19.1 Å². The van der Waals surface area contributed by atoms with E-state index in [1.54, 1.807) is 27.1 Å². The number of carboxylic acids is 1. The van der Waals surface area contributed by atoms with Crippen molar-refractivity contribution in [2.75, 3.05) is 14.1 Å². The van der Waals surface area contributed by atoms with E-state index in [0.29, 0.717) is 5.56 Å². The molecule has 2 aliphatic rings. The molecule has 1 aromatic rings. The predicted molar refractivity (Wildman–Crippen MR) is 111 cm³/mol. The van der Waals surface area contributed by atoms with E-state index < -0.39 is 70.6 Å². The van der Waals surface area contributed by atoms with Crippen molar-refractivity contribution >= 4 is 23.4 Å². The number of primary amides is 1. The van der Waals surface area contributed by atoms with Crippen molar-refractivity contribution in [3.8, 4) is 5.75 Å². The van der Waals surface area contributed by atoms with Crippen molar-refractivity contribution in [2.45, 2.75) is 31.4 Å². The maximum absolute atomic E-state index is 13.1. The lowest BCUT2D eigenvalue weighted by molar-refractivity contribution is -0.145. The lowest BCUT2D eigenvalue weighted by Crippen LogP contribution is -2.54. The molecule has 0 aromatic heterocycles. The minimum absolute atomic E-state index is 0.0986. The summed E-state index contributed by atoms with van der Waals surface area (Å²) in [6.45, 7) is 1.63. The minimum Gasteiger partial charge on any atom is -0.510 e. The van der Waals surface area contributed by atoms with Gasteiger partial charge in [0.1, 0.15) is 23.0 Å². The zero-order chi connectivity index (χ0) is 24.1. The van der Waals surface area contributed by atoms with Crippen LogP contribution in [0.4, 0.5) is 0 Å². The van der Waals surface area contributed by atoms with Gasteiger partial charge in [0.2, 0.25) is 0 Å². The molecule has 0 spiro atoms. The largest absolute Gasteiger partial charge is 0.510 e. The Morgan fingerprint density at radius 3 is 2.34 bits per heavy atom. The molecule has 0 bridgehead atoms. The Morgan fingerprint density at radius 2 is 1.81 bits per heavy atom. The molecule has 0 saturated carbocycles. The Labute approximate surface area is 183 Å². The first-order chi connectivity index (χ1) is 14.9. The number of aliphatic carboxylic acids is 1. The highest BCUT2D eigenvalue weighted by Gasteiger charge is 2.53. The molecule has 0 saturated heterocycles. The van der Waals surface area contributed by atoms with Gasteiger partial charge in [0.15, 0.2) is 11.6 Å². The zero-order valence-corrected chi connectivity index (χ0v) is 17.8. The summed E-state index contributed by atoms with van der Waals surface area (Å²) in [6.07, 6.45) is -1.89. The van der Waals surface area contributed by atoms with Crippen molar-refractivity contribution < 1.29 is 39.6 Å². The second-order valence-electron chi connectivity index (χ2n) is 8.60. The van der Waals surface area contributed by atoms with Gasteiger partial charge < -0.3 is 26.2 Å². The molecular weight excluding hydrogens is 420 g/mol. The predicted octanol–water partition coefficient (Wildman–Crippen LogP) is 0.187. The Balaban J connectivity index is 2.13. The van der Waals surface area contributed by atoms with E-state index in [2.05, 4.69) is 0 Å². The van der Waals surface area contributed by atoms with Crippen LogP contribution < -0.4 is 5.73 Å². The lowest BCUT2D eigenvalue weighted by atomic mass is 9.62. The number of phenols is 1. The summed E-state index contributed by atoms with van der Waals surface area (Å²) in [5, 5.41) is 42.0. The number of fused-ring (bicyclic) bond motifs is 1. The number of aromatic hydroxyl groups is 1. The zero-order valence-electron chi connectivity index (χ0n) is 17.8. The molecule has 3 rings (SSSR count). The van der Waals surface area contributed by atoms with Gasteiger partial charge in [0, 0.05) is 18.3 Å². The average Bonchev–Trinajstić information content (AvgIpc) is 2.68. The summed E-state index contributed by atoms with van der Waals surface area (Å²) in [4.78, 5) is 50.9. The maximum atomic E-state index is 13.1. The Bertz CT molecular complexity index is 1030. The van der Waals surface area contributed by atoms with Crippen molar-refractivity contribution in [1.82, 2.24) is 4.90 Å². The summed E-state index contributed by atoms with van der Waals surface area (Å²) in [5.41, 5.74) is 4.98. The van der Waals surface area contributed by atoms with E-state index in [4.69, 9.17) is 5.73 Å². The first kappa shape index (κ1) is 23.4. The summed E-state index contributed by atoms with van der Waals surface area (Å²) in [6, 6.07) is 3.37. The summed E-state index contributed by atoms with van der Waals surface area (Å²) in [7, 11) is 3.12. The number of hydrogen-bond donors (Lipinski definition) is 5. The van der Waals surface area contributed by atoms with E-state index in [1.165, 1.54) is 17.0 Å².